The number of rotatable bonds is 5. The van der Waals surface area contributed by atoms with E-state index < -0.39 is 0 Å². The summed E-state index contributed by atoms with van der Waals surface area (Å²) in [5.41, 5.74) is 1.10. The van der Waals surface area contributed by atoms with E-state index in [9.17, 15) is 4.39 Å². The number of piperazine rings is 1. The van der Waals surface area contributed by atoms with Crippen molar-refractivity contribution >= 4 is 11.6 Å². The zero-order valence-electron chi connectivity index (χ0n) is 18.6. The van der Waals surface area contributed by atoms with Gasteiger partial charge in [0.15, 0.2) is 5.96 Å². The SMILES string of the molecule is CN=C(NCCN1CCN(c2ccc(F)cc2)CC1)N1CCC(C)C(n2ccnc2)C1. The number of anilines is 1. The highest BCUT2D eigenvalue weighted by Gasteiger charge is 2.29. The summed E-state index contributed by atoms with van der Waals surface area (Å²) < 4.78 is 15.4. The number of hydrogen-bond donors (Lipinski definition) is 1. The van der Waals surface area contributed by atoms with Crippen molar-refractivity contribution < 1.29 is 4.39 Å². The van der Waals surface area contributed by atoms with Gasteiger partial charge in [-0.25, -0.2) is 9.37 Å². The smallest absolute Gasteiger partial charge is 0.193 e. The Morgan fingerprint density at radius 1 is 1.16 bits per heavy atom. The number of hydrogen-bond acceptors (Lipinski definition) is 4. The Kier molecular flexibility index (Phi) is 7.06. The Hall–Kier alpha value is -2.61. The molecular formula is C23H34FN7. The van der Waals surface area contributed by atoms with Crippen molar-refractivity contribution in [2.45, 2.75) is 19.4 Å². The number of aliphatic imine (C=N–C) groups is 1. The summed E-state index contributed by atoms with van der Waals surface area (Å²) in [5.74, 6) is 1.43. The molecule has 31 heavy (non-hydrogen) atoms. The summed E-state index contributed by atoms with van der Waals surface area (Å²) in [6, 6.07) is 7.24. The molecule has 0 amide bonds. The van der Waals surface area contributed by atoms with Gasteiger partial charge >= 0.3 is 0 Å². The van der Waals surface area contributed by atoms with Gasteiger partial charge in [-0.3, -0.25) is 9.89 Å². The molecule has 0 bridgehead atoms. The van der Waals surface area contributed by atoms with E-state index >= 15 is 0 Å². The van der Waals surface area contributed by atoms with Gasteiger partial charge < -0.3 is 19.7 Å². The van der Waals surface area contributed by atoms with Crippen molar-refractivity contribution in [1.29, 1.82) is 0 Å². The molecule has 2 unspecified atom stereocenters. The lowest BCUT2D eigenvalue weighted by Gasteiger charge is -2.39. The predicted molar refractivity (Wildman–Crippen MR) is 123 cm³/mol. The van der Waals surface area contributed by atoms with Crippen LogP contribution in [-0.4, -0.2) is 84.7 Å². The van der Waals surface area contributed by atoms with Gasteiger partial charge in [-0.2, -0.15) is 0 Å². The molecule has 1 aromatic carbocycles. The molecule has 2 fully saturated rings. The first-order valence-electron chi connectivity index (χ1n) is 11.3. The maximum Gasteiger partial charge on any atom is 0.193 e. The minimum atomic E-state index is -0.179. The zero-order chi connectivity index (χ0) is 21.6. The first kappa shape index (κ1) is 21.6. The van der Waals surface area contributed by atoms with Gasteiger partial charge in [-0.1, -0.05) is 6.92 Å². The van der Waals surface area contributed by atoms with Gasteiger partial charge in [0.2, 0.25) is 0 Å². The molecule has 1 aromatic heterocycles. The second-order valence-electron chi connectivity index (χ2n) is 8.57. The molecule has 0 spiro atoms. The molecule has 1 N–H and O–H groups in total. The number of nitrogens with one attached hydrogen (secondary N) is 1. The lowest BCUT2D eigenvalue weighted by atomic mass is 9.93. The molecule has 2 aromatic rings. The maximum absolute atomic E-state index is 13.1. The van der Waals surface area contributed by atoms with Crippen molar-refractivity contribution in [2.75, 3.05) is 64.3 Å². The zero-order valence-corrected chi connectivity index (χ0v) is 18.6. The van der Waals surface area contributed by atoms with Crippen LogP contribution in [0.2, 0.25) is 0 Å². The molecule has 0 radical (unpaired) electrons. The third-order valence-corrected chi connectivity index (χ3v) is 6.61. The molecule has 168 valence electrons. The van der Waals surface area contributed by atoms with Crippen LogP contribution in [0, 0.1) is 11.7 Å². The van der Waals surface area contributed by atoms with Gasteiger partial charge in [0.25, 0.3) is 0 Å². The predicted octanol–water partition coefficient (Wildman–Crippen LogP) is 2.30. The van der Waals surface area contributed by atoms with Crippen molar-refractivity contribution in [3.8, 4) is 0 Å². The number of imidazole rings is 1. The summed E-state index contributed by atoms with van der Waals surface area (Å²) in [6.07, 6.45) is 6.99. The second kappa shape index (κ2) is 10.1. The Balaban J connectivity index is 1.22. The van der Waals surface area contributed by atoms with E-state index in [1.54, 1.807) is 0 Å². The highest BCUT2D eigenvalue weighted by molar-refractivity contribution is 5.80. The highest BCUT2D eigenvalue weighted by atomic mass is 19.1. The molecule has 3 heterocycles. The van der Waals surface area contributed by atoms with E-state index in [0.717, 1.165) is 70.4 Å². The average Bonchev–Trinajstić information content (AvgIpc) is 3.33. The summed E-state index contributed by atoms with van der Waals surface area (Å²) in [6.45, 7) is 10.1. The van der Waals surface area contributed by atoms with Crippen molar-refractivity contribution in [1.82, 2.24) is 24.7 Å². The fourth-order valence-corrected chi connectivity index (χ4v) is 4.63. The van der Waals surface area contributed by atoms with Crippen molar-refractivity contribution in [2.24, 2.45) is 10.9 Å². The standard InChI is InChI=1S/C23H34FN7/c1-19-7-10-30(17-22(19)31-12-8-26-18-31)23(25-2)27-9-11-28-13-15-29(16-14-28)21-5-3-20(24)4-6-21/h3-6,8,12,18-19,22H,7,9-11,13-17H2,1-2H3,(H,25,27). The normalized spacial score (nSPS) is 23.3. The lowest BCUT2D eigenvalue weighted by Crippen LogP contribution is -2.52. The Bertz CT molecular complexity index is 828. The van der Waals surface area contributed by atoms with Crippen molar-refractivity contribution in [3.63, 3.8) is 0 Å². The molecule has 2 aliphatic heterocycles. The quantitative estimate of drug-likeness (QED) is 0.586. The largest absolute Gasteiger partial charge is 0.369 e. The van der Waals surface area contributed by atoms with Crippen LogP contribution in [0.1, 0.15) is 19.4 Å². The number of piperidine rings is 1. The monoisotopic (exact) mass is 427 g/mol. The summed E-state index contributed by atoms with van der Waals surface area (Å²) in [5, 5.41) is 3.57. The molecule has 0 aliphatic carbocycles. The number of aromatic nitrogens is 2. The van der Waals surface area contributed by atoms with Crippen LogP contribution in [0.15, 0.2) is 48.0 Å². The summed E-state index contributed by atoms with van der Waals surface area (Å²) in [7, 11) is 1.87. The molecule has 7 nitrogen and oxygen atoms in total. The van der Waals surface area contributed by atoms with Gasteiger partial charge in [-0.05, 0) is 36.6 Å². The maximum atomic E-state index is 13.1. The highest BCUT2D eigenvalue weighted by Crippen LogP contribution is 2.27. The molecule has 0 saturated carbocycles. The van der Waals surface area contributed by atoms with Crippen molar-refractivity contribution in [3.05, 3.63) is 48.8 Å². The first-order valence-corrected chi connectivity index (χ1v) is 11.3. The van der Waals surface area contributed by atoms with E-state index in [-0.39, 0.29) is 5.82 Å². The summed E-state index contributed by atoms with van der Waals surface area (Å²) >= 11 is 0. The van der Waals surface area contributed by atoms with Gasteiger partial charge in [0.05, 0.1) is 12.4 Å². The van der Waals surface area contributed by atoms with E-state index in [0.29, 0.717) is 12.0 Å². The topological polar surface area (TPSA) is 51.9 Å². The van der Waals surface area contributed by atoms with Crippen LogP contribution in [0.5, 0.6) is 0 Å². The van der Waals surface area contributed by atoms with Crippen LogP contribution in [-0.2, 0) is 0 Å². The number of nitrogens with zero attached hydrogens (tertiary/aromatic N) is 6. The Morgan fingerprint density at radius 3 is 2.61 bits per heavy atom. The van der Waals surface area contributed by atoms with E-state index in [4.69, 9.17) is 0 Å². The van der Waals surface area contributed by atoms with Crippen LogP contribution >= 0.6 is 0 Å². The number of guanidine groups is 1. The molecule has 8 heteroatoms. The van der Waals surface area contributed by atoms with Gasteiger partial charge in [-0.15, -0.1) is 0 Å². The van der Waals surface area contributed by atoms with Gasteiger partial charge in [0.1, 0.15) is 5.82 Å². The van der Waals surface area contributed by atoms with Crippen LogP contribution in [0.25, 0.3) is 0 Å². The van der Waals surface area contributed by atoms with Gasteiger partial charge in [0, 0.05) is 77.5 Å². The van der Waals surface area contributed by atoms with Crippen LogP contribution < -0.4 is 10.2 Å². The van der Waals surface area contributed by atoms with E-state index in [2.05, 4.69) is 47.7 Å². The number of benzene rings is 1. The first-order chi connectivity index (χ1) is 15.1. The average molecular weight is 428 g/mol. The fraction of sp³-hybridized carbons (Fsp3) is 0.565. The number of halogens is 1. The molecular weight excluding hydrogens is 393 g/mol. The molecule has 4 rings (SSSR count). The number of likely N-dealkylation sites (tertiary alicyclic amines) is 1. The Labute approximate surface area is 184 Å². The lowest BCUT2D eigenvalue weighted by molar-refractivity contribution is 0.188. The molecule has 2 aliphatic rings. The minimum Gasteiger partial charge on any atom is -0.369 e. The molecule has 2 saturated heterocycles. The van der Waals surface area contributed by atoms with Crippen LogP contribution in [0.3, 0.4) is 0 Å². The third kappa shape index (κ3) is 5.36. The fourth-order valence-electron chi connectivity index (χ4n) is 4.63. The van der Waals surface area contributed by atoms with E-state index in [1.165, 1.54) is 12.1 Å². The van der Waals surface area contributed by atoms with Crippen LogP contribution in [0.4, 0.5) is 10.1 Å². The van der Waals surface area contributed by atoms with E-state index in [1.807, 2.05) is 31.7 Å². The molecule has 2 atom stereocenters. The third-order valence-electron chi connectivity index (χ3n) is 6.61. The summed E-state index contributed by atoms with van der Waals surface area (Å²) in [4.78, 5) is 15.9. The minimum absolute atomic E-state index is 0.179. The Morgan fingerprint density at radius 2 is 1.94 bits per heavy atom. The second-order valence-corrected chi connectivity index (χ2v) is 8.57.